The van der Waals surface area contributed by atoms with E-state index in [-0.39, 0.29) is 23.6 Å². The summed E-state index contributed by atoms with van der Waals surface area (Å²) in [5.41, 5.74) is 0.844. The molecule has 114 valence electrons. The molecule has 21 heavy (non-hydrogen) atoms. The Morgan fingerprint density at radius 1 is 1.43 bits per heavy atom. The monoisotopic (exact) mass is 291 g/mol. The smallest absolute Gasteiger partial charge is 0.269 e. The van der Waals surface area contributed by atoms with E-state index in [0.717, 1.165) is 31.5 Å². The van der Waals surface area contributed by atoms with Crippen LogP contribution in [0, 0.1) is 16.0 Å². The molecule has 1 unspecified atom stereocenters. The third-order valence-corrected chi connectivity index (χ3v) is 4.18. The largest absolute Gasteiger partial charge is 0.339 e. The SMILES string of the molecule is CC(c1cccc([N+](=O)[O-])c1)N(C)C(=O)C1CCNCC1. The molecule has 0 aliphatic carbocycles. The Labute approximate surface area is 124 Å². The zero-order chi connectivity index (χ0) is 15.4. The number of amides is 1. The normalized spacial score (nSPS) is 17.2. The van der Waals surface area contributed by atoms with E-state index in [0.29, 0.717) is 0 Å². The maximum atomic E-state index is 12.5. The van der Waals surface area contributed by atoms with E-state index in [1.165, 1.54) is 12.1 Å². The molecule has 1 fully saturated rings. The summed E-state index contributed by atoms with van der Waals surface area (Å²) < 4.78 is 0. The van der Waals surface area contributed by atoms with E-state index < -0.39 is 4.92 Å². The van der Waals surface area contributed by atoms with Crippen LogP contribution in [-0.2, 0) is 4.79 Å². The molecule has 2 rings (SSSR count). The number of non-ortho nitro benzene ring substituents is 1. The Kier molecular flexibility index (Phi) is 4.90. The van der Waals surface area contributed by atoms with Gasteiger partial charge < -0.3 is 10.2 Å². The van der Waals surface area contributed by atoms with Gasteiger partial charge in [0.15, 0.2) is 0 Å². The van der Waals surface area contributed by atoms with Crippen molar-refractivity contribution in [1.29, 1.82) is 0 Å². The van der Waals surface area contributed by atoms with Crippen molar-refractivity contribution >= 4 is 11.6 Å². The Hall–Kier alpha value is -1.95. The third kappa shape index (κ3) is 3.58. The number of nitro groups is 1. The number of carbonyl (C=O) groups is 1. The summed E-state index contributed by atoms with van der Waals surface area (Å²) in [7, 11) is 1.77. The standard InChI is InChI=1S/C15H21N3O3/c1-11(13-4-3-5-14(10-13)18(20)21)17(2)15(19)12-6-8-16-9-7-12/h3-5,10-12,16H,6-9H2,1-2H3. The number of nitrogens with one attached hydrogen (secondary N) is 1. The molecule has 0 radical (unpaired) electrons. The van der Waals surface area contributed by atoms with Gasteiger partial charge in [0.2, 0.25) is 5.91 Å². The molecular formula is C15H21N3O3. The lowest BCUT2D eigenvalue weighted by molar-refractivity contribution is -0.384. The molecule has 1 aromatic rings. The van der Waals surface area contributed by atoms with E-state index in [1.807, 2.05) is 13.0 Å². The summed E-state index contributed by atoms with van der Waals surface area (Å²) in [5, 5.41) is 14.1. The molecule has 1 aliphatic rings. The minimum atomic E-state index is -0.412. The Morgan fingerprint density at radius 3 is 2.71 bits per heavy atom. The molecule has 0 saturated carbocycles. The van der Waals surface area contributed by atoms with Crippen LogP contribution in [0.5, 0.6) is 0 Å². The lowest BCUT2D eigenvalue weighted by Crippen LogP contribution is -2.40. The Balaban J connectivity index is 2.10. The second-order valence-electron chi connectivity index (χ2n) is 5.50. The molecule has 1 heterocycles. The van der Waals surface area contributed by atoms with Crippen molar-refractivity contribution in [3.05, 3.63) is 39.9 Å². The number of nitro benzene ring substituents is 1. The number of carbonyl (C=O) groups excluding carboxylic acids is 1. The third-order valence-electron chi connectivity index (χ3n) is 4.18. The van der Waals surface area contributed by atoms with Crippen molar-refractivity contribution in [2.24, 2.45) is 5.92 Å². The summed E-state index contributed by atoms with van der Waals surface area (Å²) in [6.07, 6.45) is 1.70. The highest BCUT2D eigenvalue weighted by molar-refractivity contribution is 5.79. The van der Waals surface area contributed by atoms with Gasteiger partial charge in [-0.25, -0.2) is 0 Å². The lowest BCUT2D eigenvalue weighted by atomic mass is 9.95. The van der Waals surface area contributed by atoms with E-state index in [1.54, 1.807) is 18.0 Å². The van der Waals surface area contributed by atoms with Gasteiger partial charge in [0.25, 0.3) is 5.69 Å². The first kappa shape index (κ1) is 15.4. The molecule has 1 saturated heterocycles. The van der Waals surface area contributed by atoms with Crippen molar-refractivity contribution in [2.45, 2.75) is 25.8 Å². The van der Waals surface area contributed by atoms with E-state index in [4.69, 9.17) is 0 Å². The fraction of sp³-hybridized carbons (Fsp3) is 0.533. The van der Waals surface area contributed by atoms with Crippen molar-refractivity contribution in [3.8, 4) is 0 Å². The molecule has 1 N–H and O–H groups in total. The molecule has 1 aromatic carbocycles. The summed E-state index contributed by atoms with van der Waals surface area (Å²) in [5.74, 6) is 0.174. The Morgan fingerprint density at radius 2 is 2.10 bits per heavy atom. The van der Waals surface area contributed by atoms with Gasteiger partial charge in [0.1, 0.15) is 0 Å². The first-order valence-corrected chi connectivity index (χ1v) is 7.22. The van der Waals surface area contributed by atoms with Crippen LogP contribution in [0.2, 0.25) is 0 Å². The van der Waals surface area contributed by atoms with Crippen LogP contribution in [0.3, 0.4) is 0 Å². The zero-order valence-electron chi connectivity index (χ0n) is 12.4. The van der Waals surface area contributed by atoms with Crippen molar-refractivity contribution in [1.82, 2.24) is 10.2 Å². The Bertz CT molecular complexity index is 527. The molecule has 1 atom stereocenters. The van der Waals surface area contributed by atoms with Crippen LogP contribution in [0.1, 0.15) is 31.4 Å². The highest BCUT2D eigenvalue weighted by Gasteiger charge is 2.27. The first-order chi connectivity index (χ1) is 10.0. The van der Waals surface area contributed by atoms with E-state index in [2.05, 4.69) is 5.32 Å². The van der Waals surface area contributed by atoms with Gasteiger partial charge in [-0.1, -0.05) is 12.1 Å². The van der Waals surface area contributed by atoms with E-state index in [9.17, 15) is 14.9 Å². The number of rotatable bonds is 4. The summed E-state index contributed by atoms with van der Waals surface area (Å²) >= 11 is 0. The maximum absolute atomic E-state index is 12.5. The average Bonchev–Trinajstić information content (AvgIpc) is 2.53. The topological polar surface area (TPSA) is 75.5 Å². The molecule has 1 aliphatic heterocycles. The van der Waals surface area contributed by atoms with Crippen molar-refractivity contribution < 1.29 is 9.72 Å². The van der Waals surface area contributed by atoms with Gasteiger partial charge in [-0.05, 0) is 38.4 Å². The molecule has 0 bridgehead atoms. The van der Waals surface area contributed by atoms with E-state index >= 15 is 0 Å². The second kappa shape index (κ2) is 6.67. The fourth-order valence-corrected chi connectivity index (χ4v) is 2.67. The number of hydrogen-bond acceptors (Lipinski definition) is 4. The quantitative estimate of drug-likeness (QED) is 0.681. The average molecular weight is 291 g/mol. The summed E-state index contributed by atoms with van der Waals surface area (Å²) in [4.78, 5) is 24.6. The van der Waals surface area contributed by atoms with Crippen LogP contribution in [0.4, 0.5) is 5.69 Å². The molecule has 1 amide bonds. The summed E-state index contributed by atoms with van der Waals surface area (Å²) in [6.45, 7) is 3.64. The number of nitrogens with zero attached hydrogens (tertiary/aromatic N) is 2. The highest BCUT2D eigenvalue weighted by Crippen LogP contribution is 2.25. The van der Waals surface area contributed by atoms with Crippen LogP contribution >= 0.6 is 0 Å². The molecular weight excluding hydrogens is 270 g/mol. The van der Waals surface area contributed by atoms with Gasteiger partial charge >= 0.3 is 0 Å². The second-order valence-corrected chi connectivity index (χ2v) is 5.50. The van der Waals surface area contributed by atoms with Crippen LogP contribution in [0.15, 0.2) is 24.3 Å². The number of hydrogen-bond donors (Lipinski definition) is 1. The number of benzene rings is 1. The minimum Gasteiger partial charge on any atom is -0.339 e. The van der Waals surface area contributed by atoms with Gasteiger partial charge in [-0.2, -0.15) is 0 Å². The fourth-order valence-electron chi connectivity index (χ4n) is 2.67. The molecule has 6 nitrogen and oxygen atoms in total. The predicted octanol–water partition coefficient (Wildman–Crippen LogP) is 2.11. The minimum absolute atomic E-state index is 0.0531. The number of piperidine rings is 1. The van der Waals surface area contributed by atoms with Gasteiger partial charge in [0, 0.05) is 25.1 Å². The predicted molar refractivity (Wildman–Crippen MR) is 79.9 cm³/mol. The zero-order valence-corrected chi connectivity index (χ0v) is 12.4. The van der Waals surface area contributed by atoms with Gasteiger partial charge in [-0.15, -0.1) is 0 Å². The summed E-state index contributed by atoms with van der Waals surface area (Å²) in [6, 6.07) is 6.31. The van der Waals surface area contributed by atoms with Crippen LogP contribution in [0.25, 0.3) is 0 Å². The maximum Gasteiger partial charge on any atom is 0.269 e. The van der Waals surface area contributed by atoms with Crippen molar-refractivity contribution in [2.75, 3.05) is 20.1 Å². The van der Waals surface area contributed by atoms with Crippen LogP contribution < -0.4 is 5.32 Å². The van der Waals surface area contributed by atoms with Crippen LogP contribution in [-0.4, -0.2) is 35.9 Å². The molecule has 6 heteroatoms. The van der Waals surface area contributed by atoms with Gasteiger partial charge in [0.05, 0.1) is 11.0 Å². The highest BCUT2D eigenvalue weighted by atomic mass is 16.6. The lowest BCUT2D eigenvalue weighted by Gasteiger charge is -2.31. The van der Waals surface area contributed by atoms with Gasteiger partial charge in [-0.3, -0.25) is 14.9 Å². The van der Waals surface area contributed by atoms with Crippen molar-refractivity contribution in [3.63, 3.8) is 0 Å². The molecule has 0 aromatic heterocycles. The first-order valence-electron chi connectivity index (χ1n) is 7.22. The molecule has 0 spiro atoms.